The molecule has 134 valence electrons. The number of hydrogen-bond acceptors (Lipinski definition) is 4. The van der Waals surface area contributed by atoms with Gasteiger partial charge in [0.05, 0.1) is 6.10 Å². The van der Waals surface area contributed by atoms with Crippen LogP contribution in [0.15, 0.2) is 27.7 Å². The second-order valence-electron chi connectivity index (χ2n) is 7.94. The van der Waals surface area contributed by atoms with E-state index in [4.69, 9.17) is 10.7 Å². The minimum absolute atomic E-state index is 0.00626. The van der Waals surface area contributed by atoms with Gasteiger partial charge in [-0.25, -0.2) is 4.99 Å². The molecule has 5 nitrogen and oxygen atoms in total. The first-order valence-electron chi connectivity index (χ1n) is 8.97. The lowest BCUT2D eigenvalue weighted by atomic mass is 9.61. The number of carbonyl (C=O) groups excluding carboxylic acids is 1. The Labute approximate surface area is 156 Å². The van der Waals surface area contributed by atoms with Gasteiger partial charge in [-0.3, -0.25) is 9.69 Å². The van der Waals surface area contributed by atoms with Crippen LogP contribution in [-0.4, -0.2) is 34.0 Å². The molecule has 1 atom stereocenters. The van der Waals surface area contributed by atoms with Crippen molar-refractivity contribution in [1.82, 2.24) is 4.90 Å². The quantitative estimate of drug-likeness (QED) is 0.753. The van der Waals surface area contributed by atoms with E-state index in [1.807, 2.05) is 26.0 Å². The minimum Gasteiger partial charge on any atom is -0.393 e. The molecule has 25 heavy (non-hydrogen) atoms. The second-order valence-corrected chi connectivity index (χ2v) is 8.85. The van der Waals surface area contributed by atoms with Crippen LogP contribution in [0, 0.1) is 5.41 Å². The SMILES string of the molecule is CC(C)N1C(=O)C2(N=C1N)c1cc(Br)ccc1C[C@]21CC[C@@H](O)CC1. The molecule has 0 aromatic heterocycles. The van der Waals surface area contributed by atoms with Gasteiger partial charge in [0.2, 0.25) is 0 Å². The van der Waals surface area contributed by atoms with Crippen molar-refractivity contribution < 1.29 is 9.90 Å². The predicted octanol–water partition coefficient (Wildman–Crippen LogP) is 2.69. The number of nitrogens with zero attached hydrogens (tertiary/aromatic N) is 2. The van der Waals surface area contributed by atoms with E-state index in [1.165, 1.54) is 5.56 Å². The van der Waals surface area contributed by atoms with Gasteiger partial charge in [0.1, 0.15) is 0 Å². The summed E-state index contributed by atoms with van der Waals surface area (Å²) in [5, 5.41) is 10.0. The first kappa shape index (κ1) is 17.0. The molecular weight excluding hydrogens is 382 g/mol. The minimum atomic E-state index is -0.944. The lowest BCUT2D eigenvalue weighted by Crippen LogP contribution is -2.53. The molecule has 0 bridgehead atoms. The summed E-state index contributed by atoms with van der Waals surface area (Å²) in [5.74, 6) is 0.312. The molecule has 6 heteroatoms. The number of halogens is 1. The molecule has 3 N–H and O–H groups in total. The van der Waals surface area contributed by atoms with Gasteiger partial charge in [0, 0.05) is 15.9 Å². The molecule has 0 saturated heterocycles. The van der Waals surface area contributed by atoms with E-state index in [1.54, 1.807) is 4.90 Å². The maximum atomic E-state index is 13.7. The number of nitrogens with two attached hydrogens (primary N) is 1. The monoisotopic (exact) mass is 405 g/mol. The Kier molecular flexibility index (Phi) is 3.78. The highest BCUT2D eigenvalue weighted by Crippen LogP contribution is 2.62. The van der Waals surface area contributed by atoms with E-state index in [9.17, 15) is 9.90 Å². The number of benzene rings is 1. The number of rotatable bonds is 1. The van der Waals surface area contributed by atoms with Gasteiger partial charge in [-0.1, -0.05) is 22.0 Å². The van der Waals surface area contributed by atoms with Crippen molar-refractivity contribution in [2.24, 2.45) is 16.1 Å². The van der Waals surface area contributed by atoms with Crippen LogP contribution >= 0.6 is 15.9 Å². The van der Waals surface area contributed by atoms with Gasteiger partial charge in [0.15, 0.2) is 11.5 Å². The fraction of sp³-hybridized carbons (Fsp3) is 0.579. The Hall–Kier alpha value is -1.40. The third kappa shape index (κ3) is 2.16. The molecule has 2 aliphatic carbocycles. The lowest BCUT2D eigenvalue weighted by molar-refractivity contribution is -0.139. The van der Waals surface area contributed by atoms with Crippen molar-refractivity contribution in [2.45, 2.75) is 63.6 Å². The molecular formula is C19H24BrN3O2. The number of aliphatic hydroxyl groups excluding tert-OH is 1. The molecule has 3 aliphatic rings. The average Bonchev–Trinajstić information content (AvgIpc) is 2.97. The Balaban J connectivity index is 1.93. The lowest BCUT2D eigenvalue weighted by Gasteiger charge is -2.44. The molecule has 1 aliphatic heterocycles. The zero-order chi connectivity index (χ0) is 18.0. The molecule has 2 spiro atoms. The highest BCUT2D eigenvalue weighted by atomic mass is 79.9. The van der Waals surface area contributed by atoms with E-state index in [0.717, 1.165) is 29.3 Å². The van der Waals surface area contributed by atoms with E-state index in [0.29, 0.717) is 18.8 Å². The van der Waals surface area contributed by atoms with Crippen molar-refractivity contribution in [3.63, 3.8) is 0 Å². The van der Waals surface area contributed by atoms with Gasteiger partial charge in [-0.15, -0.1) is 0 Å². The summed E-state index contributed by atoms with van der Waals surface area (Å²) >= 11 is 3.55. The van der Waals surface area contributed by atoms with Crippen molar-refractivity contribution in [1.29, 1.82) is 0 Å². The highest BCUT2D eigenvalue weighted by molar-refractivity contribution is 9.10. The zero-order valence-corrected chi connectivity index (χ0v) is 16.2. The van der Waals surface area contributed by atoms with Crippen LogP contribution in [0.1, 0.15) is 50.7 Å². The maximum Gasteiger partial charge on any atom is 0.262 e. The molecule has 1 unspecified atom stereocenters. The second kappa shape index (κ2) is 5.55. The van der Waals surface area contributed by atoms with Gasteiger partial charge in [0.25, 0.3) is 5.91 Å². The van der Waals surface area contributed by atoms with Gasteiger partial charge in [-0.2, -0.15) is 0 Å². The van der Waals surface area contributed by atoms with Gasteiger partial charge < -0.3 is 10.8 Å². The number of aliphatic hydroxyl groups is 1. The molecule has 1 aromatic carbocycles. The largest absolute Gasteiger partial charge is 0.393 e. The van der Waals surface area contributed by atoms with E-state index < -0.39 is 5.54 Å². The summed E-state index contributed by atoms with van der Waals surface area (Å²) in [6.07, 6.45) is 3.53. The van der Waals surface area contributed by atoms with Crippen molar-refractivity contribution in [3.8, 4) is 0 Å². The van der Waals surface area contributed by atoms with Crippen LogP contribution in [0.25, 0.3) is 0 Å². The number of carbonyl (C=O) groups is 1. The number of guanidine groups is 1. The van der Waals surface area contributed by atoms with E-state index >= 15 is 0 Å². The zero-order valence-electron chi connectivity index (χ0n) is 14.6. The molecule has 0 radical (unpaired) electrons. The Bertz CT molecular complexity index is 768. The van der Waals surface area contributed by atoms with Crippen LogP contribution < -0.4 is 5.73 Å². The van der Waals surface area contributed by atoms with Crippen LogP contribution in [-0.2, 0) is 16.8 Å². The van der Waals surface area contributed by atoms with Crippen molar-refractivity contribution in [2.75, 3.05) is 0 Å². The molecule has 1 fully saturated rings. The fourth-order valence-electron chi connectivity index (χ4n) is 5.08. The topological polar surface area (TPSA) is 78.9 Å². The summed E-state index contributed by atoms with van der Waals surface area (Å²) < 4.78 is 0.947. The summed E-state index contributed by atoms with van der Waals surface area (Å²) in [6.45, 7) is 3.93. The van der Waals surface area contributed by atoms with Crippen LogP contribution in [0.4, 0.5) is 0 Å². The first-order valence-corrected chi connectivity index (χ1v) is 9.76. The Morgan fingerprint density at radius 3 is 2.64 bits per heavy atom. The number of hydrogen-bond donors (Lipinski definition) is 2. The summed E-state index contributed by atoms with van der Waals surface area (Å²) in [6, 6.07) is 6.12. The third-order valence-electron chi connectivity index (χ3n) is 6.24. The van der Waals surface area contributed by atoms with Gasteiger partial charge >= 0.3 is 0 Å². The Morgan fingerprint density at radius 2 is 2.04 bits per heavy atom. The fourth-order valence-corrected chi connectivity index (χ4v) is 5.44. The predicted molar refractivity (Wildman–Crippen MR) is 100 cm³/mol. The van der Waals surface area contributed by atoms with Crippen molar-refractivity contribution in [3.05, 3.63) is 33.8 Å². The third-order valence-corrected chi connectivity index (χ3v) is 6.74. The standard InChI is InChI=1S/C19H24BrN3O2/c1-11(2)23-16(25)19(22-17(23)21)15-9-13(20)4-3-12(15)10-18(19)7-5-14(24)6-8-18/h3-4,9,11,14,24H,5-8,10H2,1-2H3,(H2,21,22)/t14-,18-,19?. The highest BCUT2D eigenvalue weighted by Gasteiger charge is 2.66. The summed E-state index contributed by atoms with van der Waals surface area (Å²) in [7, 11) is 0. The molecule has 1 aromatic rings. The number of amides is 1. The molecule has 4 rings (SSSR count). The molecule has 1 saturated carbocycles. The average molecular weight is 406 g/mol. The number of fused-ring (bicyclic) bond motifs is 3. The Morgan fingerprint density at radius 1 is 1.36 bits per heavy atom. The van der Waals surface area contributed by atoms with Crippen molar-refractivity contribution >= 4 is 27.8 Å². The summed E-state index contributed by atoms with van der Waals surface area (Å²) in [4.78, 5) is 20.2. The van der Waals surface area contributed by atoms with Crippen LogP contribution in [0.2, 0.25) is 0 Å². The normalized spacial score (nSPS) is 34.3. The summed E-state index contributed by atoms with van der Waals surface area (Å²) in [5.41, 5.74) is 7.15. The van der Waals surface area contributed by atoms with Gasteiger partial charge in [-0.05, 0) is 69.2 Å². The first-order chi connectivity index (χ1) is 11.8. The van der Waals surface area contributed by atoms with E-state index in [-0.39, 0.29) is 23.5 Å². The van der Waals surface area contributed by atoms with Crippen LogP contribution in [0.3, 0.4) is 0 Å². The molecule has 1 amide bonds. The smallest absolute Gasteiger partial charge is 0.262 e. The van der Waals surface area contributed by atoms with Crippen LogP contribution in [0.5, 0.6) is 0 Å². The maximum absolute atomic E-state index is 13.7. The van der Waals surface area contributed by atoms with E-state index in [2.05, 4.69) is 22.0 Å². The number of aliphatic imine (C=N–C) groups is 1. The molecule has 1 heterocycles.